The van der Waals surface area contributed by atoms with Crippen LogP contribution in [0.1, 0.15) is 59.7 Å². The van der Waals surface area contributed by atoms with Crippen LogP contribution in [0, 0.1) is 0 Å². The van der Waals surface area contributed by atoms with Crippen molar-refractivity contribution >= 4 is 17.3 Å². The topological polar surface area (TPSA) is 93.8 Å². The van der Waals surface area contributed by atoms with Gasteiger partial charge in [-0.1, -0.05) is 30.4 Å². The van der Waals surface area contributed by atoms with Crippen LogP contribution in [0.2, 0.25) is 0 Å². The second kappa shape index (κ2) is 4.37. The average Bonchev–Trinajstić information content (AvgIpc) is 2.93. The number of hydrogen-bond acceptors (Lipinski definition) is 6. The maximum Gasteiger partial charge on any atom is 0.358 e. The van der Waals surface area contributed by atoms with Gasteiger partial charge < -0.3 is 5.11 Å². The van der Waals surface area contributed by atoms with Crippen molar-refractivity contribution in [3.63, 3.8) is 0 Å². The highest BCUT2D eigenvalue weighted by atomic mass is 32.1. The molecule has 0 atom stereocenters. The lowest BCUT2D eigenvalue weighted by Gasteiger charge is -2.00. The SMILES string of the molecule is CC(C)c1nnc(-n2nnc(C(=O)O)c2C2CC2)s1. The summed E-state index contributed by atoms with van der Waals surface area (Å²) in [5.41, 5.74) is 0.683. The zero-order chi connectivity index (χ0) is 13.6. The van der Waals surface area contributed by atoms with Gasteiger partial charge in [0.1, 0.15) is 5.01 Å². The van der Waals surface area contributed by atoms with Gasteiger partial charge in [-0.25, -0.2) is 4.79 Å². The van der Waals surface area contributed by atoms with E-state index in [1.165, 1.54) is 16.0 Å². The molecule has 100 valence electrons. The monoisotopic (exact) mass is 279 g/mol. The number of nitrogens with zero attached hydrogens (tertiary/aromatic N) is 5. The van der Waals surface area contributed by atoms with Crippen molar-refractivity contribution in [3.05, 3.63) is 16.4 Å². The van der Waals surface area contributed by atoms with Crippen molar-refractivity contribution in [3.8, 4) is 5.13 Å². The Labute approximate surface area is 113 Å². The van der Waals surface area contributed by atoms with E-state index in [-0.39, 0.29) is 17.5 Å². The highest BCUT2D eigenvalue weighted by molar-refractivity contribution is 7.13. The Kier molecular flexibility index (Phi) is 2.81. The smallest absolute Gasteiger partial charge is 0.358 e. The quantitative estimate of drug-likeness (QED) is 0.917. The third kappa shape index (κ3) is 2.12. The van der Waals surface area contributed by atoms with Crippen LogP contribution in [0.5, 0.6) is 0 Å². The third-order valence-electron chi connectivity index (χ3n) is 2.98. The van der Waals surface area contributed by atoms with E-state index in [1.807, 2.05) is 13.8 Å². The van der Waals surface area contributed by atoms with Gasteiger partial charge in [0.2, 0.25) is 5.13 Å². The van der Waals surface area contributed by atoms with Crippen LogP contribution in [0.3, 0.4) is 0 Å². The van der Waals surface area contributed by atoms with Crippen LogP contribution in [-0.4, -0.2) is 36.3 Å². The van der Waals surface area contributed by atoms with Gasteiger partial charge in [0.05, 0.1) is 5.69 Å². The fraction of sp³-hybridized carbons (Fsp3) is 0.545. The van der Waals surface area contributed by atoms with Gasteiger partial charge in [0, 0.05) is 11.8 Å². The lowest BCUT2D eigenvalue weighted by atomic mass is 10.2. The van der Waals surface area contributed by atoms with E-state index in [0.29, 0.717) is 10.8 Å². The van der Waals surface area contributed by atoms with Crippen LogP contribution < -0.4 is 0 Å². The molecule has 1 fully saturated rings. The highest BCUT2D eigenvalue weighted by Gasteiger charge is 2.35. The Balaban J connectivity index is 2.06. The van der Waals surface area contributed by atoms with Gasteiger partial charge in [-0.3, -0.25) is 0 Å². The molecule has 0 unspecified atom stereocenters. The van der Waals surface area contributed by atoms with E-state index in [9.17, 15) is 4.79 Å². The van der Waals surface area contributed by atoms with Crippen LogP contribution in [-0.2, 0) is 0 Å². The molecule has 3 rings (SSSR count). The molecule has 7 nitrogen and oxygen atoms in total. The molecule has 0 saturated heterocycles. The molecule has 1 aliphatic rings. The van der Waals surface area contributed by atoms with Crippen molar-refractivity contribution < 1.29 is 9.90 Å². The highest BCUT2D eigenvalue weighted by Crippen LogP contribution is 2.42. The number of carboxylic acid groups (broad SMARTS) is 1. The number of hydrogen-bond donors (Lipinski definition) is 1. The Morgan fingerprint density at radius 1 is 1.37 bits per heavy atom. The Morgan fingerprint density at radius 2 is 2.11 bits per heavy atom. The van der Waals surface area contributed by atoms with Crippen molar-refractivity contribution in [2.24, 2.45) is 0 Å². The summed E-state index contributed by atoms with van der Waals surface area (Å²) in [6, 6.07) is 0. The van der Waals surface area contributed by atoms with Gasteiger partial charge in [0.25, 0.3) is 0 Å². The predicted octanol–water partition coefficient (Wildman–Crippen LogP) is 1.82. The number of rotatable bonds is 4. The molecule has 1 N–H and O–H groups in total. The average molecular weight is 279 g/mol. The van der Waals surface area contributed by atoms with Crippen LogP contribution >= 0.6 is 11.3 Å². The third-order valence-corrected chi connectivity index (χ3v) is 4.18. The maximum absolute atomic E-state index is 11.2. The number of aromatic carboxylic acids is 1. The molecule has 2 aromatic heterocycles. The summed E-state index contributed by atoms with van der Waals surface area (Å²) in [7, 11) is 0. The second-order valence-electron chi connectivity index (χ2n) is 4.89. The molecule has 0 aliphatic heterocycles. The van der Waals surface area contributed by atoms with Gasteiger partial charge >= 0.3 is 5.97 Å². The van der Waals surface area contributed by atoms with E-state index in [0.717, 1.165) is 17.8 Å². The first-order valence-corrected chi connectivity index (χ1v) is 6.92. The van der Waals surface area contributed by atoms with Crippen molar-refractivity contribution in [2.45, 2.75) is 38.5 Å². The van der Waals surface area contributed by atoms with Gasteiger partial charge in [-0.05, 0) is 12.8 Å². The number of aromatic nitrogens is 5. The fourth-order valence-electron chi connectivity index (χ4n) is 1.85. The van der Waals surface area contributed by atoms with Crippen LogP contribution in [0.25, 0.3) is 5.13 Å². The van der Waals surface area contributed by atoms with E-state index in [4.69, 9.17) is 5.11 Å². The molecule has 19 heavy (non-hydrogen) atoms. The molecule has 1 aliphatic carbocycles. The van der Waals surface area contributed by atoms with E-state index in [1.54, 1.807) is 0 Å². The molecule has 0 aromatic carbocycles. The van der Waals surface area contributed by atoms with Crippen molar-refractivity contribution in [1.29, 1.82) is 0 Å². The van der Waals surface area contributed by atoms with Gasteiger partial charge in [0.15, 0.2) is 5.69 Å². The van der Waals surface area contributed by atoms with E-state index in [2.05, 4.69) is 20.5 Å². The first-order valence-electron chi connectivity index (χ1n) is 6.10. The van der Waals surface area contributed by atoms with E-state index < -0.39 is 5.97 Å². The predicted molar refractivity (Wildman–Crippen MR) is 67.8 cm³/mol. The first-order chi connectivity index (χ1) is 9.08. The minimum absolute atomic E-state index is 0.0313. The minimum atomic E-state index is -1.04. The summed E-state index contributed by atoms with van der Waals surface area (Å²) in [5.74, 6) is -0.521. The molecule has 0 radical (unpaired) electrons. The summed E-state index contributed by atoms with van der Waals surface area (Å²) in [5, 5.41) is 26.5. The molecular weight excluding hydrogens is 266 g/mol. The second-order valence-corrected chi connectivity index (χ2v) is 5.88. The first kappa shape index (κ1) is 12.2. The van der Waals surface area contributed by atoms with Crippen molar-refractivity contribution in [2.75, 3.05) is 0 Å². The molecule has 0 spiro atoms. The summed E-state index contributed by atoms with van der Waals surface area (Å²) < 4.78 is 1.53. The largest absolute Gasteiger partial charge is 0.476 e. The van der Waals surface area contributed by atoms with Crippen LogP contribution in [0.15, 0.2) is 0 Å². The Bertz CT molecular complexity index is 629. The normalized spacial score (nSPS) is 15.1. The van der Waals surface area contributed by atoms with E-state index >= 15 is 0 Å². The number of carbonyl (C=O) groups is 1. The summed E-state index contributed by atoms with van der Waals surface area (Å²) in [4.78, 5) is 11.2. The van der Waals surface area contributed by atoms with Gasteiger partial charge in [-0.2, -0.15) is 4.68 Å². The van der Waals surface area contributed by atoms with Crippen LogP contribution in [0.4, 0.5) is 0 Å². The zero-order valence-electron chi connectivity index (χ0n) is 10.6. The molecule has 1 saturated carbocycles. The molecular formula is C11H13N5O2S. The molecule has 2 heterocycles. The fourth-order valence-corrected chi connectivity index (χ4v) is 2.66. The molecule has 0 amide bonds. The lowest BCUT2D eigenvalue weighted by molar-refractivity contribution is 0.0689. The molecule has 0 bridgehead atoms. The standard InChI is InChI=1S/C11H13N5O2S/c1-5(2)9-13-14-11(19-9)16-8(6-3-4-6)7(10(17)18)12-15-16/h5-6H,3-4H2,1-2H3,(H,17,18). The Morgan fingerprint density at radius 3 is 2.63 bits per heavy atom. The summed E-state index contributed by atoms with van der Waals surface area (Å²) >= 11 is 1.42. The zero-order valence-corrected chi connectivity index (χ0v) is 11.4. The van der Waals surface area contributed by atoms with Gasteiger partial charge in [-0.15, -0.1) is 15.3 Å². The summed E-state index contributed by atoms with van der Waals surface area (Å²) in [6.45, 7) is 4.08. The lowest BCUT2D eigenvalue weighted by Crippen LogP contribution is -2.05. The summed E-state index contributed by atoms with van der Waals surface area (Å²) in [6.07, 6.45) is 1.95. The Hall–Kier alpha value is -1.83. The number of carboxylic acids is 1. The molecule has 8 heteroatoms. The molecule has 2 aromatic rings. The van der Waals surface area contributed by atoms with Crippen molar-refractivity contribution in [1.82, 2.24) is 25.2 Å². The minimum Gasteiger partial charge on any atom is -0.476 e. The maximum atomic E-state index is 11.2.